The second-order valence-corrected chi connectivity index (χ2v) is 6.34. The number of nitrogens with one attached hydrogen (secondary N) is 1. The molecule has 1 fully saturated rings. The Balaban J connectivity index is 2.37. The Labute approximate surface area is 129 Å². The van der Waals surface area contributed by atoms with Crippen LogP contribution in [0.4, 0.5) is 5.69 Å². The van der Waals surface area contributed by atoms with Crippen LogP contribution in [-0.4, -0.2) is 27.2 Å². The quantitative estimate of drug-likeness (QED) is 0.887. The van der Waals surface area contributed by atoms with Crippen molar-refractivity contribution < 1.29 is 4.74 Å². The molecule has 0 spiro atoms. The van der Waals surface area contributed by atoms with E-state index in [2.05, 4.69) is 49.3 Å². The summed E-state index contributed by atoms with van der Waals surface area (Å²) in [5.74, 6) is 1.73. The van der Waals surface area contributed by atoms with Crippen LogP contribution in [0.2, 0.25) is 0 Å². The van der Waals surface area contributed by atoms with E-state index in [1.54, 1.807) is 7.11 Å². The number of anilines is 1. The van der Waals surface area contributed by atoms with Gasteiger partial charge < -0.3 is 15.0 Å². The molecule has 3 heteroatoms. The van der Waals surface area contributed by atoms with Crippen molar-refractivity contribution in [3.05, 3.63) is 23.8 Å². The van der Waals surface area contributed by atoms with Crippen LogP contribution >= 0.6 is 0 Å². The second kappa shape index (κ2) is 7.17. The topological polar surface area (TPSA) is 24.5 Å². The van der Waals surface area contributed by atoms with Gasteiger partial charge in [-0.1, -0.05) is 25.8 Å². The predicted octanol–water partition coefficient (Wildman–Crippen LogP) is 3.99. The molecular weight excluding hydrogens is 260 g/mol. The zero-order valence-corrected chi connectivity index (χ0v) is 14.1. The molecule has 1 N–H and O–H groups in total. The predicted molar refractivity (Wildman–Crippen MR) is 90.3 cm³/mol. The lowest BCUT2D eigenvalue weighted by Crippen LogP contribution is -2.39. The monoisotopic (exact) mass is 290 g/mol. The number of rotatable bonds is 5. The largest absolute Gasteiger partial charge is 0.496 e. The van der Waals surface area contributed by atoms with Crippen LogP contribution in [0.25, 0.3) is 0 Å². The normalized spacial score (nSPS) is 23.7. The molecule has 3 nitrogen and oxygen atoms in total. The first kappa shape index (κ1) is 16.2. The number of nitrogens with zero attached hydrogens (tertiary/aromatic N) is 1. The molecule has 118 valence electrons. The molecule has 1 aliphatic rings. The van der Waals surface area contributed by atoms with Gasteiger partial charge in [-0.2, -0.15) is 0 Å². The van der Waals surface area contributed by atoms with Crippen LogP contribution in [0.5, 0.6) is 5.75 Å². The van der Waals surface area contributed by atoms with Crippen LogP contribution in [-0.2, 0) is 0 Å². The van der Waals surface area contributed by atoms with E-state index in [9.17, 15) is 0 Å². The molecule has 3 atom stereocenters. The summed E-state index contributed by atoms with van der Waals surface area (Å²) in [4.78, 5) is 2.48. The van der Waals surface area contributed by atoms with Gasteiger partial charge >= 0.3 is 0 Å². The third-order valence-electron chi connectivity index (χ3n) is 5.07. The van der Waals surface area contributed by atoms with Crippen molar-refractivity contribution >= 4 is 5.69 Å². The molecule has 2 rings (SSSR count). The molecule has 0 amide bonds. The summed E-state index contributed by atoms with van der Waals surface area (Å²) in [6, 6.07) is 7.30. The lowest BCUT2D eigenvalue weighted by molar-refractivity contribution is 0.320. The minimum atomic E-state index is 0.275. The van der Waals surface area contributed by atoms with E-state index in [0.29, 0.717) is 6.04 Å². The number of ether oxygens (including phenoxy) is 1. The van der Waals surface area contributed by atoms with Crippen molar-refractivity contribution in [1.29, 1.82) is 0 Å². The zero-order valence-electron chi connectivity index (χ0n) is 14.1. The molecule has 1 aliphatic carbocycles. The van der Waals surface area contributed by atoms with Crippen molar-refractivity contribution in [1.82, 2.24) is 5.32 Å². The van der Waals surface area contributed by atoms with E-state index in [-0.39, 0.29) is 6.04 Å². The summed E-state index contributed by atoms with van der Waals surface area (Å²) in [5, 5.41) is 3.36. The van der Waals surface area contributed by atoms with Crippen LogP contribution in [0.1, 0.15) is 51.1 Å². The summed E-state index contributed by atoms with van der Waals surface area (Å²) in [5.41, 5.74) is 2.57. The molecule has 0 saturated heterocycles. The Bertz CT molecular complexity index is 461. The highest BCUT2D eigenvalue weighted by Crippen LogP contribution is 2.38. The molecule has 3 unspecified atom stereocenters. The van der Waals surface area contributed by atoms with Crippen LogP contribution < -0.4 is 15.0 Å². The zero-order chi connectivity index (χ0) is 15.4. The summed E-state index contributed by atoms with van der Waals surface area (Å²) >= 11 is 0. The third-order valence-corrected chi connectivity index (χ3v) is 5.07. The number of hydrogen-bond donors (Lipinski definition) is 1. The summed E-state index contributed by atoms with van der Waals surface area (Å²) in [6.07, 6.45) is 5.36. The summed E-state index contributed by atoms with van der Waals surface area (Å²) in [7, 11) is 6.01. The van der Waals surface area contributed by atoms with Crippen LogP contribution in [0.15, 0.2) is 18.2 Å². The van der Waals surface area contributed by atoms with Gasteiger partial charge in [0.05, 0.1) is 7.11 Å². The first-order valence-corrected chi connectivity index (χ1v) is 8.17. The average Bonchev–Trinajstić information content (AvgIpc) is 2.53. The van der Waals surface area contributed by atoms with E-state index >= 15 is 0 Å². The van der Waals surface area contributed by atoms with Gasteiger partial charge in [-0.25, -0.2) is 0 Å². The minimum absolute atomic E-state index is 0.275. The Kier molecular flexibility index (Phi) is 5.51. The highest BCUT2D eigenvalue weighted by atomic mass is 16.5. The number of methoxy groups -OCH3 is 1. The van der Waals surface area contributed by atoms with Crippen molar-refractivity contribution in [2.45, 2.75) is 51.6 Å². The SMILES string of the molecule is CNC(C)c1c(OC)cccc1N(C)C1CCCCC1C. The number of benzene rings is 1. The van der Waals surface area contributed by atoms with E-state index < -0.39 is 0 Å². The fourth-order valence-corrected chi connectivity index (χ4v) is 3.65. The van der Waals surface area contributed by atoms with Crippen molar-refractivity contribution in [3.63, 3.8) is 0 Å². The van der Waals surface area contributed by atoms with E-state index in [0.717, 1.165) is 11.7 Å². The van der Waals surface area contributed by atoms with Crippen LogP contribution in [0, 0.1) is 5.92 Å². The lowest BCUT2D eigenvalue weighted by atomic mass is 9.84. The minimum Gasteiger partial charge on any atom is -0.496 e. The lowest BCUT2D eigenvalue weighted by Gasteiger charge is -2.39. The van der Waals surface area contributed by atoms with E-state index in [1.165, 1.54) is 36.9 Å². The van der Waals surface area contributed by atoms with Gasteiger partial charge in [0, 0.05) is 30.4 Å². The van der Waals surface area contributed by atoms with Gasteiger partial charge in [-0.3, -0.25) is 0 Å². The molecule has 21 heavy (non-hydrogen) atoms. The summed E-state index contributed by atoms with van der Waals surface area (Å²) < 4.78 is 5.61. The first-order chi connectivity index (χ1) is 10.1. The van der Waals surface area contributed by atoms with E-state index in [1.807, 2.05) is 7.05 Å². The highest BCUT2D eigenvalue weighted by molar-refractivity contribution is 5.61. The van der Waals surface area contributed by atoms with Gasteiger partial charge in [0.15, 0.2) is 0 Å². The average molecular weight is 290 g/mol. The van der Waals surface area contributed by atoms with Crippen molar-refractivity contribution in [2.75, 3.05) is 26.1 Å². The smallest absolute Gasteiger partial charge is 0.125 e. The Morgan fingerprint density at radius 3 is 2.62 bits per heavy atom. The molecule has 0 aromatic heterocycles. The van der Waals surface area contributed by atoms with Crippen molar-refractivity contribution in [2.24, 2.45) is 5.92 Å². The Morgan fingerprint density at radius 2 is 2.00 bits per heavy atom. The second-order valence-electron chi connectivity index (χ2n) is 6.34. The maximum Gasteiger partial charge on any atom is 0.125 e. The van der Waals surface area contributed by atoms with Gasteiger partial charge in [0.2, 0.25) is 0 Å². The fraction of sp³-hybridized carbons (Fsp3) is 0.667. The molecule has 1 aromatic carbocycles. The molecule has 1 aromatic rings. The van der Waals surface area contributed by atoms with Gasteiger partial charge in [0.1, 0.15) is 5.75 Å². The Morgan fingerprint density at radius 1 is 1.29 bits per heavy atom. The molecule has 1 saturated carbocycles. The highest BCUT2D eigenvalue weighted by Gasteiger charge is 2.27. The standard InChI is InChI=1S/C18H30N2O/c1-13-9-6-7-10-15(13)20(4)16-11-8-12-17(21-5)18(16)14(2)19-3/h8,11-15,19H,6-7,9-10H2,1-5H3. The molecule has 0 radical (unpaired) electrons. The maximum absolute atomic E-state index is 5.61. The Hall–Kier alpha value is -1.22. The van der Waals surface area contributed by atoms with Crippen LogP contribution in [0.3, 0.4) is 0 Å². The van der Waals surface area contributed by atoms with Gasteiger partial charge in [-0.15, -0.1) is 0 Å². The van der Waals surface area contributed by atoms with Gasteiger partial charge in [0.25, 0.3) is 0 Å². The molecular formula is C18H30N2O. The fourth-order valence-electron chi connectivity index (χ4n) is 3.65. The summed E-state index contributed by atoms with van der Waals surface area (Å²) in [6.45, 7) is 4.58. The molecule has 0 aliphatic heterocycles. The molecule has 0 heterocycles. The van der Waals surface area contributed by atoms with Gasteiger partial charge in [-0.05, 0) is 44.9 Å². The number of hydrogen-bond acceptors (Lipinski definition) is 3. The maximum atomic E-state index is 5.61. The third kappa shape index (κ3) is 3.34. The first-order valence-electron chi connectivity index (χ1n) is 8.17. The van der Waals surface area contributed by atoms with E-state index in [4.69, 9.17) is 4.74 Å². The molecule has 0 bridgehead atoms. The van der Waals surface area contributed by atoms with Crippen molar-refractivity contribution in [3.8, 4) is 5.75 Å².